The van der Waals surface area contributed by atoms with E-state index in [4.69, 9.17) is 0 Å². The molecule has 0 amide bonds. The summed E-state index contributed by atoms with van der Waals surface area (Å²) < 4.78 is 0. The molecular formula is C10H14N4Y-2. The number of hydrogen-bond acceptors (Lipinski definition) is 3. The van der Waals surface area contributed by atoms with Crippen LogP contribution in [-0.2, 0) is 39.3 Å². The van der Waals surface area contributed by atoms with E-state index >= 15 is 0 Å². The first-order valence-electron chi connectivity index (χ1n) is 4.41. The van der Waals surface area contributed by atoms with E-state index in [9.17, 15) is 0 Å². The molecule has 0 spiro atoms. The molecule has 0 aromatic carbocycles. The van der Waals surface area contributed by atoms with Gasteiger partial charge < -0.3 is 19.9 Å². The van der Waals surface area contributed by atoms with Crippen LogP contribution in [0.2, 0.25) is 0 Å². The second-order valence-electron chi connectivity index (χ2n) is 3.26. The first-order valence-corrected chi connectivity index (χ1v) is 4.41. The Morgan fingerprint density at radius 1 is 1.40 bits per heavy atom. The predicted octanol–water partition coefficient (Wildman–Crippen LogP) is 0.858. The summed E-state index contributed by atoms with van der Waals surface area (Å²) in [7, 11) is 3.76. The summed E-state index contributed by atoms with van der Waals surface area (Å²) in [6.45, 7) is 4.32. The third-order valence-electron chi connectivity index (χ3n) is 1.63. The molecule has 0 saturated heterocycles. The molecule has 0 N–H and O–H groups in total. The number of aliphatic imine (C=N–C) groups is 1. The van der Waals surface area contributed by atoms with Crippen molar-refractivity contribution in [1.29, 1.82) is 0 Å². The summed E-state index contributed by atoms with van der Waals surface area (Å²) in [5.41, 5.74) is 1.85. The SMILES string of the molecule is Cc1n[c-]c(CN=[C-]N(C)C)c(C)n1.[Y]. The number of aromatic nitrogens is 2. The Balaban J connectivity index is 0.00000196. The van der Waals surface area contributed by atoms with E-state index in [2.05, 4.69) is 27.5 Å². The van der Waals surface area contributed by atoms with Gasteiger partial charge >= 0.3 is 0 Å². The second kappa shape index (κ2) is 7.01. The van der Waals surface area contributed by atoms with Crippen molar-refractivity contribution in [2.45, 2.75) is 20.4 Å². The summed E-state index contributed by atoms with van der Waals surface area (Å²) in [5.74, 6) is 0.742. The first-order chi connectivity index (χ1) is 6.59. The standard InChI is InChI=1S/C10H14N4.Y/c1-8-10(5-11-7-14(3)4)6-12-9(2)13-8;/h5H2,1-4H3;/q-2;. The Labute approximate surface area is 116 Å². The van der Waals surface area contributed by atoms with Gasteiger partial charge in [0, 0.05) is 45.1 Å². The Kier molecular flexibility index (Phi) is 6.85. The minimum atomic E-state index is 0. The molecule has 0 atom stereocenters. The maximum atomic E-state index is 4.23. The fourth-order valence-corrected chi connectivity index (χ4v) is 0.970. The van der Waals surface area contributed by atoms with Gasteiger partial charge in [-0.1, -0.05) is 25.7 Å². The Morgan fingerprint density at radius 3 is 2.60 bits per heavy atom. The predicted molar refractivity (Wildman–Crippen MR) is 55.2 cm³/mol. The van der Waals surface area contributed by atoms with Gasteiger partial charge in [-0.2, -0.15) is 0 Å². The third-order valence-corrected chi connectivity index (χ3v) is 1.63. The molecule has 1 aromatic rings. The molecule has 1 aromatic heterocycles. The van der Waals surface area contributed by atoms with Crippen molar-refractivity contribution in [3.8, 4) is 0 Å². The topological polar surface area (TPSA) is 41.4 Å². The molecule has 0 aliphatic rings. The monoisotopic (exact) mass is 279 g/mol. The fourth-order valence-electron chi connectivity index (χ4n) is 0.970. The van der Waals surface area contributed by atoms with E-state index in [1.807, 2.05) is 27.9 Å². The van der Waals surface area contributed by atoms with E-state index < -0.39 is 0 Å². The summed E-state index contributed by atoms with van der Waals surface area (Å²) in [4.78, 5) is 14.1. The molecular weight excluding hydrogens is 265 g/mol. The van der Waals surface area contributed by atoms with Crippen LogP contribution < -0.4 is 0 Å². The number of nitrogens with zero attached hydrogens (tertiary/aromatic N) is 4. The minimum absolute atomic E-state index is 0. The van der Waals surface area contributed by atoms with Gasteiger partial charge in [0.05, 0.1) is 0 Å². The quantitative estimate of drug-likeness (QED) is 0.356. The van der Waals surface area contributed by atoms with Crippen molar-refractivity contribution in [3.63, 3.8) is 0 Å². The maximum Gasteiger partial charge on any atom is 0.0106 e. The summed E-state index contributed by atoms with van der Waals surface area (Å²) >= 11 is 0. The molecule has 0 bridgehead atoms. The zero-order valence-corrected chi connectivity index (χ0v) is 12.4. The Bertz CT molecular complexity index is 336. The molecule has 4 nitrogen and oxygen atoms in total. The van der Waals surface area contributed by atoms with Crippen molar-refractivity contribution >= 4 is 6.34 Å². The molecule has 0 aliphatic carbocycles. The number of rotatable bonds is 3. The van der Waals surface area contributed by atoms with Crippen molar-refractivity contribution in [1.82, 2.24) is 14.9 Å². The van der Waals surface area contributed by atoms with Crippen LogP contribution >= 0.6 is 0 Å². The number of hydrogen-bond donors (Lipinski definition) is 0. The third kappa shape index (κ3) is 5.33. The molecule has 1 radical (unpaired) electrons. The normalized spacial score (nSPS) is 10.1. The van der Waals surface area contributed by atoms with Crippen LogP contribution in [0, 0.1) is 20.0 Å². The van der Waals surface area contributed by atoms with Gasteiger partial charge in [-0.25, -0.2) is 0 Å². The smallest absolute Gasteiger partial charge is 0.0106 e. The van der Waals surface area contributed by atoms with E-state index in [1.54, 1.807) is 4.90 Å². The Hall–Kier alpha value is -0.346. The van der Waals surface area contributed by atoms with E-state index in [0.29, 0.717) is 6.54 Å². The summed E-state index contributed by atoms with van der Waals surface area (Å²) in [5, 5.41) is 0. The van der Waals surface area contributed by atoms with Crippen LogP contribution in [0.25, 0.3) is 0 Å². The van der Waals surface area contributed by atoms with Gasteiger partial charge in [0.15, 0.2) is 0 Å². The second-order valence-corrected chi connectivity index (χ2v) is 3.26. The largest absolute Gasteiger partial charge is 0.542 e. The van der Waals surface area contributed by atoms with Gasteiger partial charge in [0.25, 0.3) is 0 Å². The fraction of sp³-hybridized carbons (Fsp3) is 0.500. The summed E-state index contributed by atoms with van der Waals surface area (Å²) in [6, 6.07) is 0. The van der Waals surface area contributed by atoms with Crippen molar-refractivity contribution in [2.24, 2.45) is 4.99 Å². The maximum absolute atomic E-state index is 4.23. The molecule has 0 fully saturated rings. The van der Waals surface area contributed by atoms with Crippen LogP contribution in [0.3, 0.4) is 0 Å². The average Bonchev–Trinajstić information content (AvgIpc) is 2.08. The molecule has 0 aliphatic heterocycles. The van der Waals surface area contributed by atoms with Gasteiger partial charge in [0.1, 0.15) is 0 Å². The van der Waals surface area contributed by atoms with Gasteiger partial charge in [-0.15, -0.1) is 5.56 Å². The minimum Gasteiger partial charge on any atom is -0.542 e. The molecule has 5 heteroatoms. The van der Waals surface area contributed by atoms with Crippen LogP contribution in [0.5, 0.6) is 0 Å². The van der Waals surface area contributed by atoms with Crippen molar-refractivity contribution in [3.05, 3.63) is 23.3 Å². The van der Waals surface area contributed by atoms with E-state index in [0.717, 1.165) is 17.1 Å². The molecule has 1 rings (SSSR count). The van der Waals surface area contributed by atoms with Crippen molar-refractivity contribution in [2.75, 3.05) is 14.1 Å². The van der Waals surface area contributed by atoms with Crippen LogP contribution in [0.4, 0.5) is 0 Å². The van der Waals surface area contributed by atoms with E-state index in [-0.39, 0.29) is 32.7 Å². The van der Waals surface area contributed by atoms with Crippen molar-refractivity contribution < 1.29 is 32.7 Å². The van der Waals surface area contributed by atoms with Crippen LogP contribution in [-0.4, -0.2) is 35.3 Å². The zero-order chi connectivity index (χ0) is 10.6. The van der Waals surface area contributed by atoms with Crippen LogP contribution in [0.1, 0.15) is 17.1 Å². The average molecular weight is 279 g/mol. The molecule has 1 heterocycles. The Morgan fingerprint density at radius 2 is 2.07 bits per heavy atom. The van der Waals surface area contributed by atoms with Gasteiger partial charge in [0.2, 0.25) is 0 Å². The first kappa shape index (κ1) is 14.7. The molecule has 0 saturated carbocycles. The van der Waals surface area contributed by atoms with Gasteiger partial charge in [-0.3, -0.25) is 6.34 Å². The molecule has 79 valence electrons. The molecule has 15 heavy (non-hydrogen) atoms. The zero-order valence-electron chi connectivity index (χ0n) is 9.57. The van der Waals surface area contributed by atoms with Crippen LogP contribution in [0.15, 0.2) is 4.99 Å². The van der Waals surface area contributed by atoms with Gasteiger partial charge in [-0.05, 0) is 14.1 Å². The number of aryl methyl sites for hydroxylation is 2. The summed E-state index contributed by atoms with van der Waals surface area (Å²) in [6.07, 6.45) is 5.73. The van der Waals surface area contributed by atoms with E-state index in [1.165, 1.54) is 0 Å². The molecule has 0 unspecified atom stereocenters.